The van der Waals surface area contributed by atoms with Crippen molar-refractivity contribution in [1.29, 1.82) is 0 Å². The van der Waals surface area contributed by atoms with Crippen molar-refractivity contribution in [3.63, 3.8) is 0 Å². The van der Waals surface area contributed by atoms with Crippen molar-refractivity contribution in [3.8, 4) is 0 Å². The van der Waals surface area contributed by atoms with E-state index in [-0.39, 0.29) is 5.91 Å². The lowest BCUT2D eigenvalue weighted by atomic mass is 10.1. The largest absolute Gasteiger partial charge is 0.381 e. The molecule has 2 rings (SSSR count). The third-order valence-electron chi connectivity index (χ3n) is 2.71. The molecule has 1 aromatic carbocycles. The number of nitrogens with one attached hydrogen (secondary N) is 1. The second-order valence-corrected chi connectivity index (χ2v) is 5.61. The zero-order valence-electron chi connectivity index (χ0n) is 11.0. The van der Waals surface area contributed by atoms with Crippen molar-refractivity contribution in [3.05, 3.63) is 50.9 Å². The zero-order chi connectivity index (χ0) is 14.5. The van der Waals surface area contributed by atoms with E-state index in [4.69, 9.17) is 11.6 Å². The Balaban J connectivity index is 2.11. The number of carbonyl (C=O) groups is 1. The van der Waals surface area contributed by atoms with Gasteiger partial charge in [-0.3, -0.25) is 4.79 Å². The second kappa shape index (κ2) is 6.83. The van der Waals surface area contributed by atoms with E-state index in [1.165, 1.54) is 11.3 Å². The topological polar surface area (TPSA) is 62.2 Å². The number of thiazole rings is 1. The number of nitrogens with zero attached hydrogens (tertiary/aromatic N) is 1. The molecule has 0 aliphatic carbocycles. The Morgan fingerprint density at radius 2 is 2.15 bits per heavy atom. The first-order chi connectivity index (χ1) is 9.61. The van der Waals surface area contributed by atoms with Crippen molar-refractivity contribution in [2.24, 2.45) is 0 Å². The van der Waals surface area contributed by atoms with Crippen LogP contribution in [0.1, 0.15) is 40.5 Å². The molecule has 1 aromatic heterocycles. The molecule has 0 spiro atoms. The Morgan fingerprint density at radius 3 is 2.80 bits per heavy atom. The minimum atomic E-state index is -0.843. The van der Waals surface area contributed by atoms with Gasteiger partial charge in [-0.15, -0.1) is 11.3 Å². The number of rotatable bonds is 5. The van der Waals surface area contributed by atoms with Gasteiger partial charge in [0.25, 0.3) is 5.91 Å². The molecule has 2 aromatic rings. The standard InChI is InChI=1S/C14H15ClN2O2S/c1-2-7-16-13(19)11-8-20-14(17-11)12(18)9-3-5-10(15)6-4-9/h3-6,8,12,18H,2,7H2,1H3,(H,16,19). The smallest absolute Gasteiger partial charge is 0.270 e. The fourth-order valence-corrected chi connectivity index (χ4v) is 2.57. The molecule has 6 heteroatoms. The molecule has 1 heterocycles. The first-order valence-electron chi connectivity index (χ1n) is 6.29. The van der Waals surface area contributed by atoms with E-state index in [9.17, 15) is 9.90 Å². The summed E-state index contributed by atoms with van der Waals surface area (Å²) in [4.78, 5) is 15.9. The molecule has 4 nitrogen and oxygen atoms in total. The van der Waals surface area contributed by atoms with Gasteiger partial charge in [0.15, 0.2) is 0 Å². The van der Waals surface area contributed by atoms with Crippen molar-refractivity contribution >= 4 is 28.8 Å². The van der Waals surface area contributed by atoms with E-state index in [1.807, 2.05) is 6.92 Å². The van der Waals surface area contributed by atoms with Gasteiger partial charge in [-0.25, -0.2) is 4.98 Å². The minimum absolute atomic E-state index is 0.211. The van der Waals surface area contributed by atoms with Gasteiger partial charge in [0.05, 0.1) is 0 Å². The lowest BCUT2D eigenvalue weighted by Crippen LogP contribution is -2.24. The van der Waals surface area contributed by atoms with E-state index >= 15 is 0 Å². The van der Waals surface area contributed by atoms with E-state index < -0.39 is 6.10 Å². The zero-order valence-corrected chi connectivity index (χ0v) is 12.5. The summed E-state index contributed by atoms with van der Waals surface area (Å²) in [6, 6.07) is 6.90. The highest BCUT2D eigenvalue weighted by molar-refractivity contribution is 7.09. The molecule has 1 atom stereocenters. The summed E-state index contributed by atoms with van der Waals surface area (Å²) in [6.45, 7) is 2.60. The first kappa shape index (κ1) is 15.0. The normalized spacial score (nSPS) is 12.2. The molecule has 1 amide bonds. The Labute approximate surface area is 126 Å². The fraction of sp³-hybridized carbons (Fsp3) is 0.286. The third-order valence-corrected chi connectivity index (χ3v) is 3.86. The van der Waals surface area contributed by atoms with Gasteiger partial charge in [-0.2, -0.15) is 0 Å². The summed E-state index contributed by atoms with van der Waals surface area (Å²) in [5.41, 5.74) is 1.04. The van der Waals surface area contributed by atoms with Crippen LogP contribution in [-0.4, -0.2) is 22.5 Å². The highest BCUT2D eigenvalue weighted by atomic mass is 35.5. The van der Waals surface area contributed by atoms with Gasteiger partial charge >= 0.3 is 0 Å². The van der Waals surface area contributed by atoms with E-state index in [1.54, 1.807) is 29.6 Å². The summed E-state index contributed by atoms with van der Waals surface area (Å²) >= 11 is 7.07. The van der Waals surface area contributed by atoms with Gasteiger partial charge < -0.3 is 10.4 Å². The Morgan fingerprint density at radius 1 is 1.45 bits per heavy atom. The SMILES string of the molecule is CCCNC(=O)c1csc(C(O)c2ccc(Cl)cc2)n1. The molecule has 0 saturated carbocycles. The molecular weight excluding hydrogens is 296 g/mol. The van der Waals surface area contributed by atoms with Crippen LogP contribution in [0.25, 0.3) is 0 Å². The van der Waals surface area contributed by atoms with Gasteiger partial charge in [-0.05, 0) is 24.1 Å². The summed E-state index contributed by atoms with van der Waals surface area (Å²) in [5.74, 6) is -0.211. The van der Waals surface area contributed by atoms with Crippen LogP contribution in [0.3, 0.4) is 0 Å². The minimum Gasteiger partial charge on any atom is -0.381 e. The maximum atomic E-state index is 11.8. The summed E-state index contributed by atoms with van der Waals surface area (Å²) < 4.78 is 0. The number of amides is 1. The fourth-order valence-electron chi connectivity index (χ4n) is 1.63. The molecule has 20 heavy (non-hydrogen) atoms. The van der Waals surface area contributed by atoms with Crippen LogP contribution >= 0.6 is 22.9 Å². The number of benzene rings is 1. The number of hydrogen-bond donors (Lipinski definition) is 2. The number of aliphatic hydroxyl groups excluding tert-OH is 1. The van der Waals surface area contributed by atoms with E-state index in [0.29, 0.717) is 27.8 Å². The van der Waals surface area contributed by atoms with Crippen molar-refractivity contribution in [2.45, 2.75) is 19.4 Å². The molecule has 0 aliphatic rings. The monoisotopic (exact) mass is 310 g/mol. The summed E-state index contributed by atoms with van der Waals surface area (Å²) in [6.07, 6.45) is 0.0286. The maximum Gasteiger partial charge on any atom is 0.270 e. The van der Waals surface area contributed by atoms with Gasteiger partial charge in [0, 0.05) is 16.9 Å². The maximum absolute atomic E-state index is 11.8. The number of halogens is 1. The first-order valence-corrected chi connectivity index (χ1v) is 7.54. The molecule has 1 unspecified atom stereocenters. The average molecular weight is 311 g/mol. The van der Waals surface area contributed by atoms with Crippen LogP contribution in [0.2, 0.25) is 5.02 Å². The van der Waals surface area contributed by atoms with Gasteiger partial charge in [-0.1, -0.05) is 30.7 Å². The van der Waals surface area contributed by atoms with Gasteiger partial charge in [0.2, 0.25) is 0 Å². The number of aromatic nitrogens is 1. The summed E-state index contributed by atoms with van der Waals surface area (Å²) in [7, 11) is 0. The Kier molecular flexibility index (Phi) is 5.11. The number of hydrogen-bond acceptors (Lipinski definition) is 4. The Bertz CT molecular complexity index is 583. The quantitative estimate of drug-likeness (QED) is 0.892. The highest BCUT2D eigenvalue weighted by Crippen LogP contribution is 2.25. The van der Waals surface area contributed by atoms with E-state index in [0.717, 1.165) is 6.42 Å². The predicted molar refractivity (Wildman–Crippen MR) is 80.3 cm³/mol. The van der Waals surface area contributed by atoms with Crippen LogP contribution in [0.15, 0.2) is 29.6 Å². The van der Waals surface area contributed by atoms with Crippen LogP contribution in [-0.2, 0) is 0 Å². The third kappa shape index (κ3) is 3.56. The molecule has 106 valence electrons. The highest BCUT2D eigenvalue weighted by Gasteiger charge is 2.17. The molecule has 2 N–H and O–H groups in total. The summed E-state index contributed by atoms with van der Waals surface area (Å²) in [5, 5.41) is 15.7. The molecule has 0 bridgehead atoms. The average Bonchev–Trinajstić information content (AvgIpc) is 2.94. The molecule has 0 radical (unpaired) electrons. The molecule has 0 saturated heterocycles. The molecule has 0 fully saturated rings. The van der Waals surface area contributed by atoms with Crippen molar-refractivity contribution in [2.75, 3.05) is 6.54 Å². The Hall–Kier alpha value is -1.43. The van der Waals surface area contributed by atoms with Crippen molar-refractivity contribution in [1.82, 2.24) is 10.3 Å². The van der Waals surface area contributed by atoms with Crippen LogP contribution in [0.4, 0.5) is 0 Å². The lowest BCUT2D eigenvalue weighted by Gasteiger charge is -2.07. The van der Waals surface area contributed by atoms with Crippen LogP contribution in [0.5, 0.6) is 0 Å². The molecular formula is C14H15ClN2O2S. The number of aliphatic hydroxyl groups is 1. The predicted octanol–water partition coefficient (Wildman–Crippen LogP) is 3.02. The number of carbonyl (C=O) groups excluding carboxylic acids is 1. The van der Waals surface area contributed by atoms with Crippen molar-refractivity contribution < 1.29 is 9.90 Å². The second-order valence-electron chi connectivity index (χ2n) is 4.28. The van der Waals surface area contributed by atoms with Crippen LogP contribution in [0, 0.1) is 0 Å². The van der Waals surface area contributed by atoms with E-state index in [2.05, 4.69) is 10.3 Å². The van der Waals surface area contributed by atoms with Gasteiger partial charge in [0.1, 0.15) is 16.8 Å². The molecule has 0 aliphatic heterocycles. The van der Waals surface area contributed by atoms with Crippen LogP contribution < -0.4 is 5.32 Å². The lowest BCUT2D eigenvalue weighted by molar-refractivity contribution is 0.0949.